The van der Waals surface area contributed by atoms with Gasteiger partial charge in [0.15, 0.2) is 10.6 Å². The molecular weight excluding hydrogens is 442 g/mol. The molecule has 33 heavy (non-hydrogen) atoms. The lowest BCUT2D eigenvalue weighted by atomic mass is 9.95. The number of aromatic nitrogens is 3. The zero-order valence-corrected chi connectivity index (χ0v) is 19.9. The third-order valence-corrected chi connectivity index (χ3v) is 7.20. The van der Waals surface area contributed by atoms with Crippen LogP contribution in [-0.4, -0.2) is 36.2 Å². The number of nitrogens with zero attached hydrogens (tertiary/aromatic N) is 3. The fraction of sp³-hybridized carbons (Fsp3) is 0.348. The van der Waals surface area contributed by atoms with Gasteiger partial charge in [-0.25, -0.2) is 13.4 Å². The van der Waals surface area contributed by atoms with Crippen LogP contribution in [0.2, 0.25) is 0 Å². The summed E-state index contributed by atoms with van der Waals surface area (Å²) in [6, 6.07) is 6.85. The summed E-state index contributed by atoms with van der Waals surface area (Å²) in [4.78, 5) is 16.9. The highest BCUT2D eigenvalue weighted by molar-refractivity contribution is 7.92. The molecule has 4 rings (SSSR count). The zero-order chi connectivity index (χ0) is 23.8. The van der Waals surface area contributed by atoms with Gasteiger partial charge in [-0.3, -0.25) is 14.2 Å². The van der Waals surface area contributed by atoms with Gasteiger partial charge in [-0.1, -0.05) is 18.2 Å². The van der Waals surface area contributed by atoms with Crippen molar-refractivity contribution in [3.05, 3.63) is 58.5 Å². The second-order valence-corrected chi connectivity index (χ2v) is 9.81. The summed E-state index contributed by atoms with van der Waals surface area (Å²) in [7, 11) is -0.864. The van der Waals surface area contributed by atoms with Gasteiger partial charge >= 0.3 is 0 Å². The molecule has 0 fully saturated rings. The van der Waals surface area contributed by atoms with Gasteiger partial charge in [-0.2, -0.15) is 5.10 Å². The van der Waals surface area contributed by atoms with E-state index in [0.717, 1.165) is 48.1 Å². The maximum Gasteiger partial charge on any atom is 0.276 e. The number of carbonyl (C=O) groups is 1. The molecule has 1 amide bonds. The van der Waals surface area contributed by atoms with Gasteiger partial charge in [0, 0.05) is 18.3 Å². The van der Waals surface area contributed by atoms with Gasteiger partial charge in [-0.15, -0.1) is 0 Å². The monoisotopic (exact) mass is 469 g/mol. The Bertz CT molecular complexity index is 1310. The van der Waals surface area contributed by atoms with E-state index in [1.165, 1.54) is 19.4 Å². The van der Waals surface area contributed by atoms with Crippen LogP contribution in [0.1, 0.15) is 45.7 Å². The number of amides is 1. The molecule has 2 heterocycles. The average Bonchev–Trinajstić information content (AvgIpc) is 3.13. The Morgan fingerprint density at radius 3 is 2.55 bits per heavy atom. The third kappa shape index (κ3) is 4.43. The van der Waals surface area contributed by atoms with Crippen molar-refractivity contribution in [2.75, 3.05) is 17.1 Å². The molecule has 0 aliphatic heterocycles. The van der Waals surface area contributed by atoms with Crippen LogP contribution in [0.5, 0.6) is 5.88 Å². The number of carbonyl (C=O) groups excluding carboxylic acids is 1. The molecule has 0 saturated carbocycles. The number of aryl methyl sites for hydroxylation is 3. The van der Waals surface area contributed by atoms with Crippen LogP contribution >= 0.6 is 0 Å². The van der Waals surface area contributed by atoms with E-state index < -0.39 is 15.9 Å². The predicted octanol–water partition coefficient (Wildman–Crippen LogP) is 3.37. The molecular formula is C23H27N5O4S. The standard InChI is InChI=1S/C23H27N5O4S/c1-14-8-7-9-15(2)20(14)27-33(30,31)19-12-16(13-24-23(19)32-4)25-22(29)21-17-10-5-6-11-18(17)28(3)26-21/h7-9,12-13,27H,5-6,10-11H2,1-4H3,(H,25,29). The summed E-state index contributed by atoms with van der Waals surface area (Å²) in [5, 5.41) is 7.14. The summed E-state index contributed by atoms with van der Waals surface area (Å²) >= 11 is 0. The fourth-order valence-electron chi connectivity index (χ4n) is 4.16. The first-order valence-electron chi connectivity index (χ1n) is 10.7. The lowest BCUT2D eigenvalue weighted by Gasteiger charge is -2.15. The van der Waals surface area contributed by atoms with E-state index in [9.17, 15) is 13.2 Å². The smallest absolute Gasteiger partial charge is 0.276 e. The van der Waals surface area contributed by atoms with E-state index in [2.05, 4.69) is 20.1 Å². The molecule has 1 aromatic carbocycles. The molecule has 3 aromatic rings. The van der Waals surface area contributed by atoms with Crippen LogP contribution in [0.25, 0.3) is 0 Å². The maximum absolute atomic E-state index is 13.2. The topological polar surface area (TPSA) is 115 Å². The molecule has 174 valence electrons. The van der Waals surface area contributed by atoms with Crippen LogP contribution in [0.4, 0.5) is 11.4 Å². The maximum atomic E-state index is 13.2. The second-order valence-electron chi connectivity index (χ2n) is 8.16. The summed E-state index contributed by atoms with van der Waals surface area (Å²) < 4.78 is 36.0. The number of nitrogens with one attached hydrogen (secondary N) is 2. The van der Waals surface area contributed by atoms with E-state index in [0.29, 0.717) is 11.4 Å². The lowest BCUT2D eigenvalue weighted by Crippen LogP contribution is -2.18. The van der Waals surface area contributed by atoms with Crippen LogP contribution in [0.15, 0.2) is 35.4 Å². The number of methoxy groups -OCH3 is 1. The number of hydrogen-bond donors (Lipinski definition) is 2. The van der Waals surface area contributed by atoms with Crippen LogP contribution < -0.4 is 14.8 Å². The van der Waals surface area contributed by atoms with E-state index in [-0.39, 0.29) is 16.5 Å². The summed E-state index contributed by atoms with van der Waals surface area (Å²) in [6.45, 7) is 3.65. The Kier molecular flexibility index (Phi) is 6.11. The van der Waals surface area contributed by atoms with Crippen molar-refractivity contribution in [1.29, 1.82) is 0 Å². The molecule has 1 aliphatic rings. The number of ether oxygens (including phenoxy) is 1. The summed E-state index contributed by atoms with van der Waals surface area (Å²) in [5.74, 6) is -0.464. The number of hydrogen-bond acceptors (Lipinski definition) is 6. The molecule has 10 heteroatoms. The number of rotatable bonds is 6. The first-order chi connectivity index (χ1) is 15.7. The van der Waals surface area contributed by atoms with Crippen LogP contribution in [0, 0.1) is 13.8 Å². The van der Waals surface area contributed by atoms with Gasteiger partial charge in [-0.05, 0) is 56.7 Å². The van der Waals surface area contributed by atoms with Crippen molar-refractivity contribution in [3.8, 4) is 5.88 Å². The van der Waals surface area contributed by atoms with Gasteiger partial charge in [0.05, 0.1) is 24.7 Å². The van der Waals surface area contributed by atoms with Crippen molar-refractivity contribution in [2.24, 2.45) is 7.05 Å². The third-order valence-electron chi connectivity index (χ3n) is 5.86. The zero-order valence-electron chi connectivity index (χ0n) is 19.1. The van der Waals surface area contributed by atoms with Gasteiger partial charge < -0.3 is 10.1 Å². The van der Waals surface area contributed by atoms with E-state index in [1.807, 2.05) is 39.1 Å². The SMILES string of the molecule is COc1ncc(NC(=O)c2nn(C)c3c2CCCC3)cc1S(=O)(=O)Nc1c(C)cccc1C. The molecule has 2 N–H and O–H groups in total. The highest BCUT2D eigenvalue weighted by Crippen LogP contribution is 2.30. The van der Waals surface area contributed by atoms with Gasteiger partial charge in [0.25, 0.3) is 15.9 Å². The minimum Gasteiger partial charge on any atom is -0.480 e. The molecule has 0 unspecified atom stereocenters. The minimum absolute atomic E-state index is 0.0676. The molecule has 2 aromatic heterocycles. The molecule has 1 aliphatic carbocycles. The number of anilines is 2. The predicted molar refractivity (Wildman–Crippen MR) is 125 cm³/mol. The average molecular weight is 470 g/mol. The lowest BCUT2D eigenvalue weighted by molar-refractivity contribution is 0.102. The largest absolute Gasteiger partial charge is 0.480 e. The molecule has 0 atom stereocenters. The normalized spacial score (nSPS) is 13.3. The number of fused-ring (bicyclic) bond motifs is 1. The van der Waals surface area contributed by atoms with Gasteiger partial charge in [0.1, 0.15) is 0 Å². The van der Waals surface area contributed by atoms with E-state index in [4.69, 9.17) is 4.74 Å². The molecule has 9 nitrogen and oxygen atoms in total. The van der Waals surface area contributed by atoms with E-state index in [1.54, 1.807) is 4.68 Å². The van der Waals surface area contributed by atoms with Crippen LogP contribution in [0.3, 0.4) is 0 Å². The summed E-state index contributed by atoms with van der Waals surface area (Å²) in [5.41, 5.74) is 4.69. The molecule has 0 spiro atoms. The van der Waals surface area contributed by atoms with Crippen molar-refractivity contribution >= 4 is 27.3 Å². The highest BCUT2D eigenvalue weighted by Gasteiger charge is 2.26. The second kappa shape index (κ2) is 8.86. The fourth-order valence-corrected chi connectivity index (χ4v) is 5.50. The van der Waals surface area contributed by atoms with Gasteiger partial charge in [0.2, 0.25) is 5.88 Å². The number of benzene rings is 1. The molecule has 0 radical (unpaired) electrons. The van der Waals surface area contributed by atoms with Crippen molar-refractivity contribution in [2.45, 2.75) is 44.4 Å². The molecule has 0 bridgehead atoms. The first-order valence-corrected chi connectivity index (χ1v) is 12.2. The number of sulfonamides is 1. The minimum atomic E-state index is -4.04. The Labute approximate surface area is 193 Å². The van der Waals surface area contributed by atoms with E-state index >= 15 is 0 Å². The number of pyridine rings is 1. The van der Waals surface area contributed by atoms with Crippen molar-refractivity contribution in [1.82, 2.24) is 14.8 Å². The Morgan fingerprint density at radius 1 is 1.15 bits per heavy atom. The molecule has 0 saturated heterocycles. The first kappa shape index (κ1) is 22.8. The quantitative estimate of drug-likeness (QED) is 0.572. The van der Waals surface area contributed by atoms with Crippen LogP contribution in [-0.2, 0) is 29.9 Å². The van der Waals surface area contributed by atoms with Crippen molar-refractivity contribution in [3.63, 3.8) is 0 Å². The Morgan fingerprint density at radius 2 is 1.85 bits per heavy atom. The number of para-hydroxylation sites is 1. The summed E-state index contributed by atoms with van der Waals surface area (Å²) in [6.07, 6.45) is 5.14. The van der Waals surface area contributed by atoms with Crippen molar-refractivity contribution < 1.29 is 17.9 Å². The Balaban J connectivity index is 1.65. The highest BCUT2D eigenvalue weighted by atomic mass is 32.2. The Hall–Kier alpha value is -3.40.